The fourth-order valence-corrected chi connectivity index (χ4v) is 2.81. The number of rotatable bonds is 4. The highest BCUT2D eigenvalue weighted by atomic mass is 19.4. The number of H-pyrrole nitrogens is 2. The van der Waals surface area contributed by atoms with Gasteiger partial charge in [0.1, 0.15) is 11.0 Å². The van der Waals surface area contributed by atoms with Gasteiger partial charge in [-0.3, -0.25) is 14.8 Å². The van der Waals surface area contributed by atoms with Crippen molar-refractivity contribution in [3.05, 3.63) is 61.9 Å². The third kappa shape index (κ3) is 3.62. The quantitative estimate of drug-likeness (QED) is 0.675. The number of alkyl halides is 5. The average Bonchev–Trinajstić information content (AvgIpc) is 2.91. The van der Waals surface area contributed by atoms with Crippen LogP contribution in [0.25, 0.3) is 11.0 Å². The summed E-state index contributed by atoms with van der Waals surface area (Å²) in [6.45, 7) is 1.56. The first-order valence-corrected chi connectivity index (χ1v) is 7.77. The highest BCUT2D eigenvalue weighted by Crippen LogP contribution is 2.31. The molecule has 2 heterocycles. The normalized spacial score (nSPS) is 13.4. The largest absolute Gasteiger partial charge is 0.416 e. The Bertz CT molecular complexity index is 1080. The van der Waals surface area contributed by atoms with Crippen LogP contribution in [-0.2, 0) is 12.6 Å². The smallest absolute Gasteiger partial charge is 0.292 e. The molecular formula is C16H13F5N4O2. The fourth-order valence-electron chi connectivity index (χ4n) is 2.81. The van der Waals surface area contributed by atoms with Gasteiger partial charge in [0.05, 0.1) is 23.7 Å². The van der Waals surface area contributed by atoms with Crippen molar-refractivity contribution in [1.82, 2.24) is 19.7 Å². The lowest BCUT2D eigenvalue weighted by Crippen LogP contribution is -2.23. The Kier molecular flexibility index (Phi) is 4.62. The van der Waals surface area contributed by atoms with E-state index in [9.17, 15) is 31.5 Å². The Labute approximate surface area is 147 Å². The maximum Gasteiger partial charge on any atom is 0.416 e. The van der Waals surface area contributed by atoms with E-state index in [2.05, 4.69) is 10.1 Å². The molecule has 1 unspecified atom stereocenters. The van der Waals surface area contributed by atoms with Crippen molar-refractivity contribution in [2.75, 3.05) is 0 Å². The summed E-state index contributed by atoms with van der Waals surface area (Å²) < 4.78 is 64.9. The lowest BCUT2D eigenvalue weighted by Gasteiger charge is -2.15. The highest BCUT2D eigenvalue weighted by molar-refractivity contribution is 5.77. The molecule has 1 atom stereocenters. The molecule has 0 spiro atoms. The number of halogens is 5. The van der Waals surface area contributed by atoms with Crippen molar-refractivity contribution in [3.63, 3.8) is 0 Å². The van der Waals surface area contributed by atoms with Crippen LogP contribution in [0.2, 0.25) is 0 Å². The molecule has 6 nitrogen and oxygen atoms in total. The molecule has 0 aliphatic heterocycles. The molecule has 3 aromatic rings. The van der Waals surface area contributed by atoms with Crippen molar-refractivity contribution >= 4 is 11.0 Å². The number of hydrogen-bond acceptors (Lipinski definition) is 3. The van der Waals surface area contributed by atoms with Gasteiger partial charge in [0.25, 0.3) is 5.56 Å². The second-order valence-corrected chi connectivity index (χ2v) is 5.91. The minimum Gasteiger partial charge on any atom is -0.292 e. The van der Waals surface area contributed by atoms with Crippen molar-refractivity contribution in [3.8, 4) is 0 Å². The number of aromatic amines is 2. The number of fused-ring (bicyclic) bond motifs is 1. The molecule has 0 bridgehead atoms. The minimum absolute atomic E-state index is 0.0770. The first kappa shape index (κ1) is 18.8. The molecule has 144 valence electrons. The van der Waals surface area contributed by atoms with E-state index in [1.54, 1.807) is 6.92 Å². The first-order valence-electron chi connectivity index (χ1n) is 7.77. The van der Waals surface area contributed by atoms with Gasteiger partial charge in [-0.25, -0.2) is 18.3 Å². The third-order valence-electron chi connectivity index (χ3n) is 4.10. The fraction of sp³-hybridized carbons (Fsp3) is 0.312. The summed E-state index contributed by atoms with van der Waals surface area (Å²) >= 11 is 0. The van der Waals surface area contributed by atoms with E-state index < -0.39 is 41.9 Å². The van der Waals surface area contributed by atoms with Gasteiger partial charge in [0, 0.05) is 0 Å². The van der Waals surface area contributed by atoms with Crippen LogP contribution in [-0.4, -0.2) is 26.2 Å². The molecule has 27 heavy (non-hydrogen) atoms. The number of hydrogen-bond donors (Lipinski definition) is 2. The molecular weight excluding hydrogens is 375 g/mol. The summed E-state index contributed by atoms with van der Waals surface area (Å²) in [6.07, 6.45) is -8.08. The second kappa shape index (κ2) is 6.63. The van der Waals surface area contributed by atoms with Crippen LogP contribution in [0.5, 0.6) is 0 Å². The van der Waals surface area contributed by atoms with Crippen molar-refractivity contribution in [2.45, 2.75) is 32.0 Å². The molecule has 0 aliphatic rings. The predicted molar refractivity (Wildman–Crippen MR) is 85.9 cm³/mol. The van der Waals surface area contributed by atoms with Gasteiger partial charge in [-0.15, -0.1) is 0 Å². The van der Waals surface area contributed by atoms with Crippen LogP contribution in [0.4, 0.5) is 22.0 Å². The van der Waals surface area contributed by atoms with E-state index in [0.717, 1.165) is 16.8 Å². The maximum absolute atomic E-state index is 12.8. The zero-order valence-corrected chi connectivity index (χ0v) is 13.8. The topological polar surface area (TPSA) is 83.5 Å². The Hall–Kier alpha value is -2.98. The van der Waals surface area contributed by atoms with Crippen LogP contribution in [0.3, 0.4) is 0 Å². The monoisotopic (exact) mass is 388 g/mol. The SMILES string of the molecule is CC(c1ccc(C(F)(F)F)cc1)n1nc(CC(F)F)c2c(=O)[nH]c(=O)[nH]c21. The molecule has 0 amide bonds. The van der Waals surface area contributed by atoms with Gasteiger partial charge < -0.3 is 0 Å². The summed E-state index contributed by atoms with van der Waals surface area (Å²) in [5, 5.41) is 3.82. The summed E-state index contributed by atoms with van der Waals surface area (Å²) in [5.41, 5.74) is -2.46. The van der Waals surface area contributed by atoms with Crippen LogP contribution in [0, 0.1) is 0 Å². The van der Waals surface area contributed by atoms with Gasteiger partial charge in [0.15, 0.2) is 0 Å². The van der Waals surface area contributed by atoms with E-state index in [-0.39, 0.29) is 16.7 Å². The van der Waals surface area contributed by atoms with Gasteiger partial charge in [0.2, 0.25) is 6.43 Å². The summed E-state index contributed by atoms with van der Waals surface area (Å²) in [6, 6.07) is 3.48. The molecule has 3 rings (SSSR count). The molecule has 11 heteroatoms. The maximum atomic E-state index is 12.8. The molecule has 0 radical (unpaired) electrons. The molecule has 2 aromatic heterocycles. The van der Waals surface area contributed by atoms with Crippen LogP contribution in [0.15, 0.2) is 33.9 Å². The Morgan fingerprint density at radius 3 is 2.30 bits per heavy atom. The highest BCUT2D eigenvalue weighted by Gasteiger charge is 2.30. The lowest BCUT2D eigenvalue weighted by atomic mass is 10.1. The van der Waals surface area contributed by atoms with Crippen LogP contribution in [0.1, 0.15) is 29.8 Å². The number of benzene rings is 1. The summed E-state index contributed by atoms with van der Waals surface area (Å²) in [7, 11) is 0. The summed E-state index contributed by atoms with van der Waals surface area (Å²) in [4.78, 5) is 27.9. The van der Waals surface area contributed by atoms with E-state index in [0.29, 0.717) is 5.56 Å². The lowest BCUT2D eigenvalue weighted by molar-refractivity contribution is -0.137. The average molecular weight is 388 g/mol. The molecule has 0 fully saturated rings. The minimum atomic E-state index is -4.50. The molecule has 2 N–H and O–H groups in total. The third-order valence-corrected chi connectivity index (χ3v) is 4.10. The van der Waals surface area contributed by atoms with Crippen molar-refractivity contribution < 1.29 is 22.0 Å². The zero-order chi connectivity index (χ0) is 19.9. The van der Waals surface area contributed by atoms with Crippen LogP contribution < -0.4 is 11.2 Å². The van der Waals surface area contributed by atoms with Gasteiger partial charge in [-0.2, -0.15) is 18.3 Å². The summed E-state index contributed by atoms with van der Waals surface area (Å²) in [5.74, 6) is 0. The number of aromatic nitrogens is 4. The Morgan fingerprint density at radius 2 is 1.74 bits per heavy atom. The molecule has 1 aromatic carbocycles. The van der Waals surface area contributed by atoms with Crippen molar-refractivity contribution in [2.24, 2.45) is 0 Å². The number of nitrogens with zero attached hydrogens (tertiary/aromatic N) is 2. The molecule has 0 saturated carbocycles. The van der Waals surface area contributed by atoms with E-state index in [1.807, 2.05) is 4.98 Å². The van der Waals surface area contributed by atoms with E-state index in [4.69, 9.17) is 0 Å². The van der Waals surface area contributed by atoms with Crippen molar-refractivity contribution in [1.29, 1.82) is 0 Å². The van der Waals surface area contributed by atoms with Gasteiger partial charge >= 0.3 is 11.9 Å². The van der Waals surface area contributed by atoms with Crippen LogP contribution >= 0.6 is 0 Å². The Morgan fingerprint density at radius 1 is 1.11 bits per heavy atom. The van der Waals surface area contributed by atoms with Gasteiger partial charge in [-0.05, 0) is 24.6 Å². The number of nitrogens with one attached hydrogen (secondary N) is 2. The zero-order valence-electron chi connectivity index (χ0n) is 13.8. The standard InChI is InChI=1S/C16H13F5N4O2/c1-7(8-2-4-9(5-3-8)16(19,20)21)25-13-12(10(24-25)6-11(17)18)14(26)23-15(27)22-13/h2-5,7,11H,6H2,1H3,(H2,22,23,26,27). The predicted octanol–water partition coefficient (Wildman–Crippen LogP) is 2.85. The second-order valence-electron chi connectivity index (χ2n) is 5.91. The van der Waals surface area contributed by atoms with Gasteiger partial charge in [-0.1, -0.05) is 12.1 Å². The molecule has 0 aliphatic carbocycles. The first-order chi connectivity index (χ1) is 12.6. The van der Waals surface area contributed by atoms with E-state index in [1.165, 1.54) is 12.1 Å². The van der Waals surface area contributed by atoms with E-state index >= 15 is 0 Å². The Balaban J connectivity index is 2.13. The molecule has 0 saturated heterocycles.